The summed E-state index contributed by atoms with van der Waals surface area (Å²) in [6.07, 6.45) is -1.20. The van der Waals surface area contributed by atoms with Gasteiger partial charge in [-0.25, -0.2) is 4.79 Å². The molecule has 6 nitrogen and oxygen atoms in total. The van der Waals surface area contributed by atoms with Gasteiger partial charge in [-0.2, -0.15) is 9.37 Å². The second-order valence-corrected chi connectivity index (χ2v) is 7.48. The summed E-state index contributed by atoms with van der Waals surface area (Å²) in [6, 6.07) is 17.9. The zero-order valence-corrected chi connectivity index (χ0v) is 18.7. The fraction of sp³-hybridized carbons (Fsp3) is 0.174. The van der Waals surface area contributed by atoms with E-state index in [0.29, 0.717) is 11.4 Å². The maximum atomic E-state index is 13.8. The van der Waals surface area contributed by atoms with Crippen molar-refractivity contribution in [2.45, 2.75) is 20.0 Å². The number of esters is 1. The summed E-state index contributed by atoms with van der Waals surface area (Å²) in [5.41, 5.74) is 1.47. The number of anilines is 2. The van der Waals surface area contributed by atoms with Crippen LogP contribution in [0.25, 0.3) is 0 Å². The number of hydrogen-bond donors (Lipinski definition) is 0. The van der Waals surface area contributed by atoms with Gasteiger partial charge in [0.05, 0.1) is 0 Å². The number of nitrogens with zero attached hydrogens (tertiary/aromatic N) is 2. The predicted molar refractivity (Wildman–Crippen MR) is 120 cm³/mol. The molecular weight excluding hydrogens is 458 g/mol. The molecule has 0 saturated heterocycles. The van der Waals surface area contributed by atoms with Gasteiger partial charge < -0.3 is 9.47 Å². The molecular formula is C23H19Cl2FN2O4. The van der Waals surface area contributed by atoms with E-state index in [0.717, 1.165) is 0 Å². The molecule has 0 aliphatic heterocycles. The van der Waals surface area contributed by atoms with Crippen LogP contribution in [0, 0.1) is 12.9 Å². The van der Waals surface area contributed by atoms with Crippen molar-refractivity contribution < 1.29 is 23.5 Å². The maximum Gasteiger partial charge on any atom is 0.347 e. The van der Waals surface area contributed by atoms with Gasteiger partial charge in [0.1, 0.15) is 10.0 Å². The van der Waals surface area contributed by atoms with Crippen molar-refractivity contribution in [3.8, 4) is 5.88 Å². The molecule has 0 aliphatic carbocycles. The quantitative estimate of drug-likeness (QED) is 0.332. The minimum atomic E-state index is -1.20. The molecule has 0 N–H and O–H groups in total. The lowest BCUT2D eigenvalue weighted by atomic mass is 10.2. The van der Waals surface area contributed by atoms with Gasteiger partial charge in [-0.3, -0.25) is 9.69 Å². The lowest BCUT2D eigenvalue weighted by Gasteiger charge is -2.23. The number of ether oxygens (including phenoxy) is 2. The van der Waals surface area contributed by atoms with Crippen LogP contribution in [0.1, 0.15) is 12.5 Å². The van der Waals surface area contributed by atoms with Gasteiger partial charge in [0.2, 0.25) is 11.8 Å². The standard InChI is InChI=1S/C23H19Cl2FN2O4/c1-14-19(24)21(26)27-22(20(14)25)32-15(2)23(30)31-13-18(29)28(16-9-5-3-6-10-16)17-11-7-4-8-12-17/h3-12,15H,13H2,1-2H3/t15-/m1/s1. The topological polar surface area (TPSA) is 68.7 Å². The monoisotopic (exact) mass is 476 g/mol. The number of hydrogen-bond acceptors (Lipinski definition) is 5. The summed E-state index contributed by atoms with van der Waals surface area (Å²) in [5, 5.41) is -0.253. The molecule has 1 heterocycles. The normalized spacial score (nSPS) is 11.5. The molecule has 32 heavy (non-hydrogen) atoms. The van der Waals surface area contributed by atoms with Gasteiger partial charge in [0.25, 0.3) is 5.91 Å². The Bertz CT molecular complexity index is 1070. The molecule has 1 aromatic heterocycles. The molecule has 9 heteroatoms. The highest BCUT2D eigenvalue weighted by atomic mass is 35.5. The fourth-order valence-electron chi connectivity index (χ4n) is 2.80. The van der Waals surface area contributed by atoms with Gasteiger partial charge in [-0.1, -0.05) is 59.6 Å². The van der Waals surface area contributed by atoms with Crippen LogP contribution in [0.4, 0.5) is 15.8 Å². The number of rotatable bonds is 7. The van der Waals surface area contributed by atoms with E-state index in [-0.39, 0.29) is 21.5 Å². The van der Waals surface area contributed by atoms with Crippen molar-refractivity contribution >= 4 is 46.5 Å². The Hall–Kier alpha value is -3.16. The van der Waals surface area contributed by atoms with E-state index < -0.39 is 30.5 Å². The first-order valence-corrected chi connectivity index (χ1v) is 10.3. The van der Waals surface area contributed by atoms with Gasteiger partial charge in [0.15, 0.2) is 12.7 Å². The summed E-state index contributed by atoms with van der Waals surface area (Å²) in [4.78, 5) is 30.3. The molecule has 3 rings (SSSR count). The van der Waals surface area contributed by atoms with Crippen molar-refractivity contribution in [2.24, 2.45) is 0 Å². The summed E-state index contributed by atoms with van der Waals surface area (Å²) in [6.45, 7) is 2.33. The lowest BCUT2D eigenvalue weighted by Crippen LogP contribution is -2.34. The van der Waals surface area contributed by atoms with Crippen LogP contribution in [-0.4, -0.2) is 29.6 Å². The summed E-state index contributed by atoms with van der Waals surface area (Å²) >= 11 is 11.8. The van der Waals surface area contributed by atoms with E-state index in [1.165, 1.54) is 18.7 Å². The van der Waals surface area contributed by atoms with E-state index in [4.69, 9.17) is 32.7 Å². The second kappa shape index (κ2) is 10.4. The van der Waals surface area contributed by atoms with E-state index in [9.17, 15) is 14.0 Å². The molecule has 0 spiro atoms. The van der Waals surface area contributed by atoms with Gasteiger partial charge in [-0.15, -0.1) is 0 Å². The van der Waals surface area contributed by atoms with Crippen LogP contribution in [0.3, 0.4) is 0 Å². The number of halogens is 3. The first-order valence-electron chi connectivity index (χ1n) is 9.57. The zero-order valence-electron chi connectivity index (χ0n) is 17.2. The minimum absolute atomic E-state index is 0.0218. The van der Waals surface area contributed by atoms with Crippen molar-refractivity contribution in [2.75, 3.05) is 11.5 Å². The first-order chi connectivity index (χ1) is 15.3. The van der Waals surface area contributed by atoms with Gasteiger partial charge >= 0.3 is 5.97 Å². The number of carbonyl (C=O) groups excluding carboxylic acids is 2. The molecule has 1 amide bonds. The molecule has 3 aromatic rings. The number of pyridine rings is 1. The molecule has 0 saturated carbocycles. The summed E-state index contributed by atoms with van der Waals surface area (Å²) in [5.74, 6) is -2.57. The second-order valence-electron chi connectivity index (χ2n) is 6.73. The van der Waals surface area contributed by atoms with Crippen molar-refractivity contribution in [3.05, 3.63) is 82.2 Å². The molecule has 2 aromatic carbocycles. The highest BCUT2D eigenvalue weighted by Gasteiger charge is 2.24. The summed E-state index contributed by atoms with van der Waals surface area (Å²) in [7, 11) is 0. The third-order valence-electron chi connectivity index (χ3n) is 4.46. The van der Waals surface area contributed by atoms with Crippen molar-refractivity contribution in [3.63, 3.8) is 0 Å². The largest absolute Gasteiger partial charge is 0.461 e. The van der Waals surface area contributed by atoms with Crippen LogP contribution in [0.15, 0.2) is 60.7 Å². The Kier molecular flexibility index (Phi) is 7.66. The molecule has 0 radical (unpaired) electrons. The Morgan fingerprint density at radius 1 is 1.00 bits per heavy atom. The average molecular weight is 477 g/mol. The Labute approximate surface area is 194 Å². The predicted octanol–water partition coefficient (Wildman–Crippen LogP) is 5.51. The van der Waals surface area contributed by atoms with Crippen molar-refractivity contribution in [1.82, 2.24) is 4.98 Å². The number of para-hydroxylation sites is 2. The number of aromatic nitrogens is 1. The highest BCUT2D eigenvalue weighted by Crippen LogP contribution is 2.33. The first kappa shape index (κ1) is 23.5. The molecule has 0 unspecified atom stereocenters. The molecule has 0 aliphatic rings. The molecule has 166 valence electrons. The number of amides is 1. The molecule has 0 bridgehead atoms. The van der Waals surface area contributed by atoms with Crippen LogP contribution in [-0.2, 0) is 14.3 Å². The lowest BCUT2D eigenvalue weighted by molar-refractivity contribution is -0.154. The van der Waals surface area contributed by atoms with Gasteiger partial charge in [0, 0.05) is 11.4 Å². The SMILES string of the molecule is Cc1c(Cl)c(F)nc(O[C@H](C)C(=O)OCC(=O)N(c2ccccc2)c2ccccc2)c1Cl. The van der Waals surface area contributed by atoms with Crippen molar-refractivity contribution in [1.29, 1.82) is 0 Å². The van der Waals surface area contributed by atoms with E-state index in [1.54, 1.807) is 48.5 Å². The average Bonchev–Trinajstić information content (AvgIpc) is 2.81. The van der Waals surface area contributed by atoms with Crippen LogP contribution in [0.2, 0.25) is 10.0 Å². The maximum absolute atomic E-state index is 13.8. The molecule has 1 atom stereocenters. The third-order valence-corrected chi connectivity index (χ3v) is 5.35. The van der Waals surface area contributed by atoms with Gasteiger partial charge in [-0.05, 0) is 43.7 Å². The Morgan fingerprint density at radius 3 is 2.06 bits per heavy atom. The highest BCUT2D eigenvalue weighted by molar-refractivity contribution is 6.36. The fourth-order valence-corrected chi connectivity index (χ4v) is 3.16. The van der Waals surface area contributed by atoms with E-state index in [2.05, 4.69) is 4.98 Å². The minimum Gasteiger partial charge on any atom is -0.461 e. The molecule has 0 fully saturated rings. The van der Waals surface area contributed by atoms with E-state index >= 15 is 0 Å². The zero-order chi connectivity index (χ0) is 23.3. The number of carbonyl (C=O) groups is 2. The Morgan fingerprint density at radius 2 is 1.53 bits per heavy atom. The van der Waals surface area contributed by atoms with Crippen LogP contribution < -0.4 is 9.64 Å². The third kappa shape index (κ3) is 5.36. The van der Waals surface area contributed by atoms with Crippen LogP contribution in [0.5, 0.6) is 5.88 Å². The Balaban J connectivity index is 1.69. The smallest absolute Gasteiger partial charge is 0.347 e. The van der Waals surface area contributed by atoms with E-state index in [1.807, 2.05) is 12.1 Å². The van der Waals surface area contributed by atoms with Crippen LogP contribution >= 0.6 is 23.2 Å². The number of benzene rings is 2. The summed E-state index contributed by atoms with van der Waals surface area (Å²) < 4.78 is 24.3.